The predicted octanol–water partition coefficient (Wildman–Crippen LogP) is 4.17. The maximum absolute atomic E-state index is 11.1. The van der Waals surface area contributed by atoms with E-state index in [0.717, 1.165) is 34.3 Å². The van der Waals surface area contributed by atoms with Crippen LogP contribution in [0.2, 0.25) is 0 Å². The summed E-state index contributed by atoms with van der Waals surface area (Å²) in [5.74, 6) is 0.0451. The van der Waals surface area contributed by atoms with Crippen molar-refractivity contribution in [3.63, 3.8) is 0 Å². The Hall–Kier alpha value is -1.66. The number of carbonyl (C=O) groups is 1. The third-order valence-electron chi connectivity index (χ3n) is 3.33. The first-order valence-corrected chi connectivity index (χ1v) is 8.21. The van der Waals surface area contributed by atoms with Gasteiger partial charge in [0.15, 0.2) is 0 Å². The quantitative estimate of drug-likeness (QED) is 0.755. The number of benzene rings is 1. The van der Waals surface area contributed by atoms with Crippen molar-refractivity contribution >= 4 is 44.3 Å². The van der Waals surface area contributed by atoms with E-state index in [4.69, 9.17) is 5.11 Å². The van der Waals surface area contributed by atoms with E-state index in [1.807, 2.05) is 6.07 Å². The molecule has 4 nitrogen and oxygen atoms in total. The highest BCUT2D eigenvalue weighted by Gasteiger charge is 2.13. The van der Waals surface area contributed by atoms with Gasteiger partial charge in [0.05, 0.1) is 23.1 Å². The molecule has 108 valence electrons. The first-order chi connectivity index (χ1) is 10.1. The van der Waals surface area contributed by atoms with Gasteiger partial charge in [-0.2, -0.15) is 0 Å². The second-order valence-electron chi connectivity index (χ2n) is 4.71. The topological polar surface area (TPSA) is 55.1 Å². The molecule has 3 rings (SSSR count). The normalized spacial score (nSPS) is 11.1. The Morgan fingerprint density at radius 3 is 2.86 bits per heavy atom. The van der Waals surface area contributed by atoms with Gasteiger partial charge in [-0.05, 0) is 40.2 Å². The van der Waals surface area contributed by atoms with Crippen molar-refractivity contribution in [2.24, 2.45) is 0 Å². The summed E-state index contributed by atoms with van der Waals surface area (Å²) < 4.78 is 3.23. The predicted molar refractivity (Wildman–Crippen MR) is 87.2 cm³/mol. The minimum atomic E-state index is -0.924. The summed E-state index contributed by atoms with van der Waals surface area (Å²) >= 11 is 5.16. The van der Waals surface area contributed by atoms with Crippen LogP contribution in [-0.4, -0.2) is 20.6 Å². The molecular formula is C15H13BrN2O2S. The lowest BCUT2D eigenvalue weighted by Gasteiger charge is -2.06. The second-order valence-corrected chi connectivity index (χ2v) is 6.62. The lowest BCUT2D eigenvalue weighted by atomic mass is 10.2. The maximum Gasteiger partial charge on any atom is 0.335 e. The number of nitrogens with zero attached hydrogens (tertiary/aromatic N) is 2. The Bertz CT molecular complexity index is 822. The van der Waals surface area contributed by atoms with Crippen LogP contribution in [0.1, 0.15) is 28.0 Å². The van der Waals surface area contributed by atoms with Gasteiger partial charge in [0.2, 0.25) is 0 Å². The molecule has 0 amide bonds. The number of aryl methyl sites for hydroxylation is 1. The van der Waals surface area contributed by atoms with E-state index in [2.05, 4.69) is 43.9 Å². The minimum absolute atomic E-state index is 0.272. The molecule has 0 radical (unpaired) electrons. The molecule has 1 aromatic carbocycles. The highest BCUT2D eigenvalue weighted by molar-refractivity contribution is 9.10. The Labute approximate surface area is 134 Å². The first kappa shape index (κ1) is 14.3. The highest BCUT2D eigenvalue weighted by Crippen LogP contribution is 2.24. The third kappa shape index (κ3) is 2.73. The lowest BCUT2D eigenvalue weighted by Crippen LogP contribution is -2.03. The number of aromatic nitrogens is 2. The molecular weight excluding hydrogens is 352 g/mol. The number of rotatable bonds is 4. The molecule has 0 aliphatic heterocycles. The first-order valence-electron chi connectivity index (χ1n) is 6.54. The molecule has 21 heavy (non-hydrogen) atoms. The van der Waals surface area contributed by atoms with Crippen LogP contribution in [0.25, 0.3) is 11.0 Å². The maximum atomic E-state index is 11.1. The summed E-state index contributed by atoms with van der Waals surface area (Å²) in [6, 6.07) is 7.21. The molecule has 0 aliphatic carbocycles. The molecule has 0 saturated heterocycles. The van der Waals surface area contributed by atoms with Crippen LogP contribution >= 0.6 is 27.3 Å². The van der Waals surface area contributed by atoms with Crippen molar-refractivity contribution in [2.75, 3.05) is 0 Å². The molecule has 0 bridgehead atoms. The second kappa shape index (κ2) is 5.61. The largest absolute Gasteiger partial charge is 0.478 e. The highest BCUT2D eigenvalue weighted by atomic mass is 79.9. The molecule has 2 heterocycles. The van der Waals surface area contributed by atoms with E-state index in [1.54, 1.807) is 23.5 Å². The van der Waals surface area contributed by atoms with Crippen molar-refractivity contribution in [1.82, 2.24) is 9.55 Å². The summed E-state index contributed by atoms with van der Waals surface area (Å²) in [5, 5.41) is 11.1. The van der Waals surface area contributed by atoms with Crippen LogP contribution in [0.15, 0.2) is 34.1 Å². The van der Waals surface area contributed by atoms with E-state index in [-0.39, 0.29) is 5.56 Å². The van der Waals surface area contributed by atoms with Gasteiger partial charge >= 0.3 is 5.97 Å². The van der Waals surface area contributed by atoms with Crippen molar-refractivity contribution in [1.29, 1.82) is 0 Å². The zero-order valence-electron chi connectivity index (χ0n) is 11.3. The van der Waals surface area contributed by atoms with Gasteiger partial charge in [0, 0.05) is 21.2 Å². The fraction of sp³-hybridized carbons (Fsp3) is 0.200. The summed E-state index contributed by atoms with van der Waals surface area (Å²) in [6.07, 6.45) is 0.809. The zero-order chi connectivity index (χ0) is 15.0. The monoisotopic (exact) mass is 364 g/mol. The average molecular weight is 365 g/mol. The van der Waals surface area contributed by atoms with Gasteiger partial charge in [0.25, 0.3) is 0 Å². The Kier molecular flexibility index (Phi) is 3.82. The Morgan fingerprint density at radius 1 is 1.43 bits per heavy atom. The van der Waals surface area contributed by atoms with Crippen molar-refractivity contribution in [2.45, 2.75) is 19.9 Å². The van der Waals surface area contributed by atoms with Crippen LogP contribution in [0, 0.1) is 0 Å². The number of hydrogen-bond donors (Lipinski definition) is 1. The molecule has 0 saturated carbocycles. The molecule has 0 fully saturated rings. The van der Waals surface area contributed by atoms with Crippen molar-refractivity contribution < 1.29 is 9.90 Å². The van der Waals surface area contributed by atoms with Crippen LogP contribution in [-0.2, 0) is 13.0 Å². The van der Waals surface area contributed by atoms with Gasteiger partial charge < -0.3 is 9.67 Å². The summed E-state index contributed by atoms with van der Waals surface area (Å²) in [7, 11) is 0. The van der Waals surface area contributed by atoms with E-state index < -0.39 is 5.97 Å². The van der Waals surface area contributed by atoms with Crippen LogP contribution < -0.4 is 0 Å². The molecule has 6 heteroatoms. The van der Waals surface area contributed by atoms with Crippen molar-refractivity contribution in [3.05, 3.63) is 50.4 Å². The SMILES string of the molecule is CCc1nc2cc(C(=O)O)ccc2n1Cc1cc(Br)cs1. The molecule has 1 N–H and O–H groups in total. The third-order valence-corrected chi connectivity index (χ3v) is 5.01. The summed E-state index contributed by atoms with van der Waals surface area (Å²) in [6.45, 7) is 2.81. The molecule has 0 aliphatic rings. The number of carboxylic acids is 1. The molecule has 3 aromatic rings. The number of thiophene rings is 1. The lowest BCUT2D eigenvalue weighted by molar-refractivity contribution is 0.0697. The fourth-order valence-electron chi connectivity index (χ4n) is 2.35. The van der Waals surface area contributed by atoms with Crippen LogP contribution in [0.5, 0.6) is 0 Å². The van der Waals surface area contributed by atoms with Gasteiger partial charge in [0.1, 0.15) is 5.82 Å². The number of carboxylic acid groups (broad SMARTS) is 1. The molecule has 0 unspecified atom stereocenters. The number of fused-ring (bicyclic) bond motifs is 1. The Balaban J connectivity index is 2.09. The summed E-state index contributed by atoms with van der Waals surface area (Å²) in [4.78, 5) is 16.9. The van der Waals surface area contributed by atoms with E-state index in [9.17, 15) is 4.79 Å². The van der Waals surface area contributed by atoms with Crippen molar-refractivity contribution in [3.8, 4) is 0 Å². The number of aromatic carboxylic acids is 1. The van der Waals surface area contributed by atoms with Gasteiger partial charge in [-0.25, -0.2) is 9.78 Å². The fourth-order valence-corrected chi connectivity index (χ4v) is 3.79. The Morgan fingerprint density at radius 2 is 2.24 bits per heavy atom. The number of hydrogen-bond acceptors (Lipinski definition) is 3. The van der Waals surface area contributed by atoms with Gasteiger partial charge in [-0.1, -0.05) is 6.92 Å². The molecule has 0 spiro atoms. The van der Waals surface area contributed by atoms with Gasteiger partial charge in [-0.15, -0.1) is 11.3 Å². The number of imidazole rings is 1. The van der Waals surface area contributed by atoms with E-state index >= 15 is 0 Å². The molecule has 0 atom stereocenters. The van der Waals surface area contributed by atoms with Crippen LogP contribution in [0.3, 0.4) is 0 Å². The molecule has 2 aromatic heterocycles. The van der Waals surface area contributed by atoms with E-state index in [1.165, 1.54) is 4.88 Å². The summed E-state index contributed by atoms with van der Waals surface area (Å²) in [5.41, 5.74) is 1.98. The zero-order valence-corrected chi connectivity index (χ0v) is 13.7. The van der Waals surface area contributed by atoms with E-state index in [0.29, 0.717) is 0 Å². The average Bonchev–Trinajstić information content (AvgIpc) is 3.02. The van der Waals surface area contributed by atoms with Crippen LogP contribution in [0.4, 0.5) is 0 Å². The number of halogens is 1. The minimum Gasteiger partial charge on any atom is -0.478 e. The van der Waals surface area contributed by atoms with Gasteiger partial charge in [-0.3, -0.25) is 0 Å². The standard InChI is InChI=1S/C15H13BrN2O2S/c1-2-14-17-12-5-9(15(19)20)3-4-13(12)18(14)7-11-6-10(16)8-21-11/h3-6,8H,2,7H2,1H3,(H,19,20). The smallest absolute Gasteiger partial charge is 0.335 e.